The van der Waals surface area contributed by atoms with Gasteiger partial charge in [0, 0.05) is 48.7 Å². The molecular weight excluding hydrogens is 587 g/mol. The Morgan fingerprint density at radius 3 is 2.44 bits per heavy atom. The van der Waals surface area contributed by atoms with Gasteiger partial charge < -0.3 is 4.90 Å². The summed E-state index contributed by atoms with van der Waals surface area (Å²) >= 11 is 7.15. The number of carbonyl (C=O) groups is 1. The third kappa shape index (κ3) is 5.14. The predicted molar refractivity (Wildman–Crippen MR) is 163 cm³/mol. The highest BCUT2D eigenvalue weighted by Gasteiger charge is 2.44. The first-order valence-corrected chi connectivity index (χ1v) is 15.5. The number of hydrogen-bond acceptors (Lipinski definition) is 5. The lowest BCUT2D eigenvalue weighted by Gasteiger charge is -2.39. The Morgan fingerprint density at radius 1 is 1.00 bits per heavy atom. The van der Waals surface area contributed by atoms with E-state index in [-0.39, 0.29) is 27.6 Å². The van der Waals surface area contributed by atoms with E-state index in [2.05, 4.69) is 16.4 Å². The summed E-state index contributed by atoms with van der Waals surface area (Å²) in [5, 5.41) is 2.93. The molecule has 0 radical (unpaired) electrons. The average molecular weight is 615 g/mol. The highest BCUT2D eigenvalue weighted by molar-refractivity contribution is 7.90. The molecule has 3 heterocycles. The molecule has 1 aliphatic rings. The minimum Gasteiger partial charge on any atom is -0.334 e. The van der Waals surface area contributed by atoms with Gasteiger partial charge >= 0.3 is 0 Å². The molecule has 2 atom stereocenters. The molecular formula is C33H28ClFN4O3S. The summed E-state index contributed by atoms with van der Waals surface area (Å²) in [6, 6.07) is 28.1. The Hall–Kier alpha value is -4.31. The highest BCUT2D eigenvalue weighted by Crippen LogP contribution is 2.39. The second-order valence-electron chi connectivity index (χ2n) is 10.3. The summed E-state index contributed by atoms with van der Waals surface area (Å²) < 4.78 is 43.7. The van der Waals surface area contributed by atoms with Crippen molar-refractivity contribution in [2.45, 2.75) is 22.4 Å². The van der Waals surface area contributed by atoms with Gasteiger partial charge in [-0.1, -0.05) is 78.3 Å². The average Bonchev–Trinajstić information content (AvgIpc) is 3.51. The van der Waals surface area contributed by atoms with Gasteiger partial charge in [0.05, 0.1) is 5.69 Å². The van der Waals surface area contributed by atoms with Gasteiger partial charge in [-0.25, -0.2) is 16.8 Å². The van der Waals surface area contributed by atoms with E-state index in [1.165, 1.54) is 62.0 Å². The third-order valence-electron chi connectivity index (χ3n) is 7.85. The number of nitrogens with one attached hydrogen (secondary N) is 1. The Labute approximate surface area is 254 Å². The van der Waals surface area contributed by atoms with Gasteiger partial charge in [0.25, 0.3) is 15.9 Å². The summed E-state index contributed by atoms with van der Waals surface area (Å²) in [5.41, 5.74) is 3.42. The molecule has 0 fully saturated rings. The third-order valence-corrected chi connectivity index (χ3v) is 10.1. The normalized spacial score (nSPS) is 16.3. The number of nitrogens with zero attached hydrogens (tertiary/aromatic N) is 3. The number of benzene rings is 3. The van der Waals surface area contributed by atoms with Gasteiger partial charge in [0.2, 0.25) is 0 Å². The molecule has 0 saturated heterocycles. The van der Waals surface area contributed by atoms with Crippen molar-refractivity contribution in [1.29, 1.82) is 0 Å². The molecule has 0 aliphatic carbocycles. The van der Waals surface area contributed by atoms with E-state index in [9.17, 15) is 13.2 Å². The van der Waals surface area contributed by atoms with Gasteiger partial charge in [-0.05, 0) is 54.1 Å². The molecule has 0 spiro atoms. The lowest BCUT2D eigenvalue weighted by Crippen LogP contribution is -2.52. The Balaban J connectivity index is 1.46. The second-order valence-corrected chi connectivity index (χ2v) is 12.7. The molecule has 0 saturated carbocycles. The number of likely N-dealkylation sites (N-methyl/N-ethyl adjacent to an activating group) is 1. The number of rotatable bonds is 7. The van der Waals surface area contributed by atoms with Crippen molar-refractivity contribution in [3.63, 3.8) is 0 Å². The summed E-state index contributed by atoms with van der Waals surface area (Å²) in [5.74, 6) is -1.16. The molecule has 5 aromatic rings. The zero-order chi connectivity index (χ0) is 30.2. The highest BCUT2D eigenvalue weighted by atomic mass is 35.5. The number of halogens is 2. The van der Waals surface area contributed by atoms with Crippen LogP contribution in [0.25, 0.3) is 11.3 Å². The van der Waals surface area contributed by atoms with Crippen molar-refractivity contribution >= 4 is 27.5 Å². The van der Waals surface area contributed by atoms with Crippen LogP contribution in [0.5, 0.6) is 0 Å². The van der Waals surface area contributed by atoms with Crippen molar-refractivity contribution in [3.8, 4) is 11.3 Å². The van der Waals surface area contributed by atoms with Crippen molar-refractivity contribution < 1.29 is 17.6 Å². The van der Waals surface area contributed by atoms with E-state index in [1.807, 2.05) is 48.5 Å². The fourth-order valence-corrected chi connectivity index (χ4v) is 7.19. The van der Waals surface area contributed by atoms with Crippen molar-refractivity contribution in [3.05, 3.63) is 144 Å². The zero-order valence-corrected chi connectivity index (χ0v) is 24.8. The molecule has 1 aliphatic heterocycles. The minimum atomic E-state index is -4.24. The predicted octanol–water partition coefficient (Wildman–Crippen LogP) is 5.71. The first kappa shape index (κ1) is 28.8. The molecule has 6 rings (SSSR count). The minimum absolute atomic E-state index is 0.0242. The number of hydrogen-bond donors (Lipinski definition) is 1. The van der Waals surface area contributed by atoms with Gasteiger partial charge in [-0.15, -0.1) is 0 Å². The number of alkyl halides is 1. The zero-order valence-electron chi connectivity index (χ0n) is 23.2. The first-order chi connectivity index (χ1) is 20.7. The summed E-state index contributed by atoms with van der Waals surface area (Å²) in [6.07, 6.45) is 3.95. The largest absolute Gasteiger partial charge is 0.334 e. The van der Waals surface area contributed by atoms with Gasteiger partial charge in [0.15, 0.2) is 5.00 Å². The van der Waals surface area contributed by atoms with Gasteiger partial charge in [-0.3, -0.25) is 15.1 Å². The smallest absolute Gasteiger partial charge is 0.269 e. The maximum atomic E-state index is 15.1. The molecule has 10 heteroatoms. The summed E-state index contributed by atoms with van der Waals surface area (Å²) in [7, 11) is -2.71. The van der Waals surface area contributed by atoms with Crippen molar-refractivity contribution in [1.82, 2.24) is 19.2 Å². The van der Waals surface area contributed by atoms with E-state index in [0.29, 0.717) is 13.1 Å². The summed E-state index contributed by atoms with van der Waals surface area (Å²) in [6.45, 7) is 0.689. The van der Waals surface area contributed by atoms with E-state index < -0.39 is 26.7 Å². The fraction of sp³-hybridized carbons (Fsp3) is 0.152. The van der Waals surface area contributed by atoms with Crippen LogP contribution in [0.4, 0.5) is 4.39 Å². The maximum absolute atomic E-state index is 15.1. The molecule has 43 heavy (non-hydrogen) atoms. The SMILES string of the molecule is CNC(Cl)(C(=O)N1Cc2ccccc2C(c2ccccc2)C1)c1cc(-c2ccccc2F)n(S(=O)(=O)c2cccnc2)c1. The first-order valence-electron chi connectivity index (χ1n) is 13.7. The van der Waals surface area contributed by atoms with Crippen LogP contribution in [-0.4, -0.2) is 41.8 Å². The summed E-state index contributed by atoms with van der Waals surface area (Å²) in [4.78, 5) is 18.0. The van der Waals surface area contributed by atoms with Crippen LogP contribution in [0.3, 0.4) is 0 Å². The van der Waals surface area contributed by atoms with Crippen LogP contribution in [0.15, 0.2) is 121 Å². The van der Waals surface area contributed by atoms with E-state index in [4.69, 9.17) is 11.6 Å². The van der Waals surface area contributed by atoms with Crippen LogP contribution in [0.2, 0.25) is 0 Å². The van der Waals surface area contributed by atoms with Crippen LogP contribution in [-0.2, 0) is 26.4 Å². The molecule has 1 N–H and O–H groups in total. The molecule has 0 bridgehead atoms. The lowest BCUT2D eigenvalue weighted by atomic mass is 9.84. The number of pyridine rings is 1. The van der Waals surface area contributed by atoms with E-state index in [0.717, 1.165) is 20.7 Å². The molecule has 2 unspecified atom stereocenters. The number of aromatic nitrogens is 2. The Bertz CT molecular complexity index is 1900. The van der Waals surface area contributed by atoms with Gasteiger partial charge in [-0.2, -0.15) is 0 Å². The number of fused-ring (bicyclic) bond motifs is 1. The molecule has 1 amide bonds. The van der Waals surface area contributed by atoms with E-state index >= 15 is 4.39 Å². The maximum Gasteiger partial charge on any atom is 0.269 e. The fourth-order valence-electron chi connectivity index (χ4n) is 5.63. The monoisotopic (exact) mass is 614 g/mol. The van der Waals surface area contributed by atoms with Crippen LogP contribution < -0.4 is 5.32 Å². The Kier molecular flexibility index (Phi) is 7.64. The van der Waals surface area contributed by atoms with Crippen molar-refractivity contribution in [2.24, 2.45) is 0 Å². The van der Waals surface area contributed by atoms with Crippen molar-refractivity contribution in [2.75, 3.05) is 13.6 Å². The van der Waals surface area contributed by atoms with Crippen LogP contribution in [0, 0.1) is 5.82 Å². The topological polar surface area (TPSA) is 84.3 Å². The number of amides is 1. The number of carbonyl (C=O) groups excluding carboxylic acids is 1. The molecule has 2 aromatic heterocycles. The van der Waals surface area contributed by atoms with Crippen LogP contribution >= 0.6 is 11.6 Å². The second kappa shape index (κ2) is 11.4. The van der Waals surface area contributed by atoms with Crippen LogP contribution in [0.1, 0.15) is 28.2 Å². The van der Waals surface area contributed by atoms with Gasteiger partial charge in [0.1, 0.15) is 10.7 Å². The van der Waals surface area contributed by atoms with E-state index in [1.54, 1.807) is 11.0 Å². The standard InChI is InChI=1S/C33H28ClFN4O3S/c1-36-33(34,32(40)38-20-24-12-5-6-14-27(24)29(22-38)23-10-3-2-4-11-23)25-18-31(28-15-7-8-16-30(28)35)39(21-25)43(41,42)26-13-9-17-37-19-26/h2-19,21,29,36H,20,22H2,1H3. The Morgan fingerprint density at radius 2 is 1.72 bits per heavy atom. The lowest BCUT2D eigenvalue weighted by molar-refractivity contribution is -0.136. The molecule has 7 nitrogen and oxygen atoms in total. The quantitative estimate of drug-likeness (QED) is 0.188. The molecule has 218 valence electrons. The molecule has 3 aromatic carbocycles.